The van der Waals surface area contributed by atoms with Gasteiger partial charge in [0.15, 0.2) is 0 Å². The fourth-order valence-corrected chi connectivity index (χ4v) is 1.96. The quantitative estimate of drug-likeness (QED) is 0.668. The lowest BCUT2D eigenvalue weighted by molar-refractivity contribution is -0.0539. The minimum Gasteiger partial charge on any atom is -0.376 e. The highest BCUT2D eigenvalue weighted by Gasteiger charge is 2.53. The van der Waals surface area contributed by atoms with Gasteiger partial charge in [-0.25, -0.2) is 0 Å². The first-order valence-electron chi connectivity index (χ1n) is 4.75. The summed E-state index contributed by atoms with van der Waals surface area (Å²) in [6.45, 7) is 1.96. The Balaban J connectivity index is 2.88. The highest BCUT2D eigenvalue weighted by Crippen LogP contribution is 2.50. The van der Waals surface area contributed by atoms with Crippen LogP contribution < -0.4 is 0 Å². The van der Waals surface area contributed by atoms with Gasteiger partial charge in [-0.2, -0.15) is 5.26 Å². The lowest BCUT2D eigenvalue weighted by Crippen LogP contribution is -2.50. The summed E-state index contributed by atoms with van der Waals surface area (Å²) in [5, 5.41) is 19.2. The van der Waals surface area contributed by atoms with Crippen molar-refractivity contribution in [3.63, 3.8) is 0 Å². The molecule has 2 nitrogen and oxygen atoms in total. The molecule has 1 aliphatic carbocycles. The summed E-state index contributed by atoms with van der Waals surface area (Å²) in [5.41, 5.74) is -1.85. The molecule has 70 valence electrons. The molecule has 0 radical (unpaired) electrons. The van der Waals surface area contributed by atoms with E-state index < -0.39 is 11.0 Å². The van der Waals surface area contributed by atoms with E-state index in [1.54, 1.807) is 0 Å². The van der Waals surface area contributed by atoms with Crippen molar-refractivity contribution in [2.75, 3.05) is 0 Å². The zero-order chi connectivity index (χ0) is 9.95. The molecule has 0 heterocycles. The number of terminal acetylenes is 1. The third kappa shape index (κ3) is 1.32. The summed E-state index contributed by atoms with van der Waals surface area (Å²) in [5.74, 6) is 2.41. The van der Waals surface area contributed by atoms with E-state index in [1.165, 1.54) is 0 Å². The summed E-state index contributed by atoms with van der Waals surface area (Å²) >= 11 is 0. The van der Waals surface area contributed by atoms with Gasteiger partial charge in [-0.1, -0.05) is 19.3 Å². The van der Waals surface area contributed by atoms with E-state index in [0.29, 0.717) is 6.42 Å². The lowest BCUT2D eigenvalue weighted by Gasteiger charge is -2.45. The second kappa shape index (κ2) is 3.40. The molecule has 0 aromatic carbocycles. The van der Waals surface area contributed by atoms with Crippen LogP contribution in [0.1, 0.15) is 39.0 Å². The van der Waals surface area contributed by atoms with Crippen molar-refractivity contribution in [1.82, 2.24) is 0 Å². The Labute approximate surface area is 79.6 Å². The second-order valence-electron chi connectivity index (χ2n) is 3.80. The predicted molar refractivity (Wildman–Crippen MR) is 50.6 cm³/mol. The monoisotopic (exact) mass is 177 g/mol. The number of aliphatic hydroxyl groups is 1. The topological polar surface area (TPSA) is 44.0 Å². The van der Waals surface area contributed by atoms with Crippen LogP contribution in [0.4, 0.5) is 0 Å². The van der Waals surface area contributed by atoms with Crippen molar-refractivity contribution in [2.45, 2.75) is 44.6 Å². The first-order chi connectivity index (χ1) is 6.14. The average molecular weight is 177 g/mol. The van der Waals surface area contributed by atoms with E-state index >= 15 is 0 Å². The maximum absolute atomic E-state index is 10.1. The van der Waals surface area contributed by atoms with E-state index in [9.17, 15) is 5.11 Å². The maximum atomic E-state index is 10.1. The molecule has 0 aromatic heterocycles. The van der Waals surface area contributed by atoms with Crippen LogP contribution in [-0.4, -0.2) is 10.7 Å². The van der Waals surface area contributed by atoms with Gasteiger partial charge in [-0.3, -0.25) is 0 Å². The molecule has 0 aliphatic heterocycles. The van der Waals surface area contributed by atoms with E-state index in [1.807, 2.05) is 6.92 Å². The van der Waals surface area contributed by atoms with Crippen LogP contribution in [0.25, 0.3) is 0 Å². The van der Waals surface area contributed by atoms with Gasteiger partial charge in [0.1, 0.15) is 5.60 Å². The highest BCUT2D eigenvalue weighted by atomic mass is 16.3. The molecule has 1 aliphatic rings. The minimum atomic E-state index is -1.20. The molecule has 1 fully saturated rings. The molecule has 0 unspecified atom stereocenters. The molecule has 0 aromatic rings. The van der Waals surface area contributed by atoms with Gasteiger partial charge < -0.3 is 5.11 Å². The van der Waals surface area contributed by atoms with Crippen molar-refractivity contribution in [3.8, 4) is 18.4 Å². The molecule has 0 saturated heterocycles. The van der Waals surface area contributed by atoms with E-state index in [-0.39, 0.29) is 0 Å². The normalized spacial score (nSPS) is 23.4. The number of rotatable bonds is 3. The van der Waals surface area contributed by atoms with Crippen molar-refractivity contribution < 1.29 is 5.11 Å². The van der Waals surface area contributed by atoms with Gasteiger partial charge in [-0.05, 0) is 25.7 Å². The third-order valence-corrected chi connectivity index (χ3v) is 3.06. The van der Waals surface area contributed by atoms with Crippen LogP contribution in [0, 0.1) is 29.1 Å². The Morgan fingerprint density at radius 3 is 2.46 bits per heavy atom. The third-order valence-electron chi connectivity index (χ3n) is 3.06. The van der Waals surface area contributed by atoms with Crippen LogP contribution in [-0.2, 0) is 0 Å². The number of nitriles is 1. The molecule has 1 N–H and O–H groups in total. The first-order valence-corrected chi connectivity index (χ1v) is 4.75. The van der Waals surface area contributed by atoms with Crippen LogP contribution in [0.2, 0.25) is 0 Å². The molecule has 0 spiro atoms. The smallest absolute Gasteiger partial charge is 0.143 e. The standard InChI is InChI=1S/C11H15NO/c1-3-6-11(13,4-2)10(9-12)7-5-8-10/h2,13H,3,5-8H2,1H3/t11-/m0/s1. The Bertz CT molecular complexity index is 267. The van der Waals surface area contributed by atoms with Gasteiger partial charge in [0.25, 0.3) is 0 Å². The van der Waals surface area contributed by atoms with Gasteiger partial charge in [0, 0.05) is 0 Å². The minimum absolute atomic E-state index is 0.525. The van der Waals surface area contributed by atoms with Crippen molar-refractivity contribution >= 4 is 0 Å². The molecule has 13 heavy (non-hydrogen) atoms. The van der Waals surface area contributed by atoms with Crippen molar-refractivity contribution in [2.24, 2.45) is 5.41 Å². The summed E-state index contributed by atoms with van der Waals surface area (Å²) in [4.78, 5) is 0. The molecule has 1 saturated carbocycles. The SMILES string of the molecule is C#C[C@](O)(CCC)C1(C#N)CCC1. The molecular formula is C11H15NO. The fourth-order valence-electron chi connectivity index (χ4n) is 1.96. The first kappa shape index (κ1) is 10.1. The molecule has 2 heteroatoms. The Morgan fingerprint density at radius 1 is 1.62 bits per heavy atom. The Hall–Kier alpha value is -0.990. The Morgan fingerprint density at radius 2 is 2.23 bits per heavy atom. The van der Waals surface area contributed by atoms with E-state index in [0.717, 1.165) is 25.7 Å². The summed E-state index contributed by atoms with van der Waals surface area (Å²) in [7, 11) is 0. The van der Waals surface area contributed by atoms with Crippen molar-refractivity contribution in [3.05, 3.63) is 0 Å². The molecule has 1 atom stereocenters. The average Bonchev–Trinajstić information content (AvgIpc) is 2.04. The summed E-state index contributed by atoms with van der Waals surface area (Å²) in [6, 6.07) is 2.20. The molecule has 0 bridgehead atoms. The van der Waals surface area contributed by atoms with Gasteiger partial charge in [0.05, 0.1) is 11.5 Å². The van der Waals surface area contributed by atoms with E-state index in [4.69, 9.17) is 11.7 Å². The lowest BCUT2D eigenvalue weighted by atomic mass is 9.58. The van der Waals surface area contributed by atoms with Gasteiger partial charge in [0.2, 0.25) is 0 Å². The van der Waals surface area contributed by atoms with Crippen LogP contribution in [0.5, 0.6) is 0 Å². The van der Waals surface area contributed by atoms with E-state index in [2.05, 4.69) is 12.0 Å². The second-order valence-corrected chi connectivity index (χ2v) is 3.80. The molecular weight excluding hydrogens is 162 g/mol. The number of hydrogen-bond acceptors (Lipinski definition) is 2. The maximum Gasteiger partial charge on any atom is 0.143 e. The fraction of sp³-hybridized carbons (Fsp3) is 0.727. The van der Waals surface area contributed by atoms with Crippen LogP contribution in [0.15, 0.2) is 0 Å². The van der Waals surface area contributed by atoms with Crippen LogP contribution in [0.3, 0.4) is 0 Å². The zero-order valence-corrected chi connectivity index (χ0v) is 8.01. The molecule has 0 amide bonds. The number of hydrogen-bond donors (Lipinski definition) is 1. The number of nitrogens with zero attached hydrogens (tertiary/aromatic N) is 1. The predicted octanol–water partition coefficient (Wildman–Crippen LogP) is 1.84. The zero-order valence-electron chi connectivity index (χ0n) is 8.01. The Kier molecular flexibility index (Phi) is 2.64. The van der Waals surface area contributed by atoms with Crippen molar-refractivity contribution in [1.29, 1.82) is 5.26 Å². The summed E-state index contributed by atoms with van der Waals surface area (Å²) < 4.78 is 0. The van der Waals surface area contributed by atoms with Gasteiger partial charge >= 0.3 is 0 Å². The molecule has 1 rings (SSSR count). The summed E-state index contributed by atoms with van der Waals surface area (Å²) in [6.07, 6.45) is 9.13. The largest absolute Gasteiger partial charge is 0.376 e. The van der Waals surface area contributed by atoms with Crippen LogP contribution >= 0.6 is 0 Å². The van der Waals surface area contributed by atoms with Gasteiger partial charge in [-0.15, -0.1) is 6.42 Å². The highest BCUT2D eigenvalue weighted by molar-refractivity contribution is 5.25.